The standard InChI is InChI=1S/C30H34F3N3O7S2/c1-21-20-34-14-12-25(21)24-8-5-7-23(19-24)22(2)36(45(42,43)27-10-4-3-9-26(27)30(31,32)33)16-6-11-28(37)35-15-18-44(40,41)17-13-29(38)39/h3-5,7-10,12,14,19-20,22H,6,11,13,15-18H2,1-2H3,(H,35,37)(H,38,39)/t22-/m0/s1. The van der Waals surface area contributed by atoms with E-state index >= 15 is 0 Å². The third-order valence-corrected chi connectivity index (χ3v) is 10.7. The van der Waals surface area contributed by atoms with Gasteiger partial charge in [0.2, 0.25) is 15.9 Å². The summed E-state index contributed by atoms with van der Waals surface area (Å²) in [6, 6.07) is 11.7. The molecule has 0 spiro atoms. The molecule has 2 aromatic carbocycles. The first-order valence-corrected chi connectivity index (χ1v) is 17.2. The summed E-state index contributed by atoms with van der Waals surface area (Å²) >= 11 is 0. The third kappa shape index (κ3) is 9.83. The zero-order valence-electron chi connectivity index (χ0n) is 24.6. The quantitative estimate of drug-likeness (QED) is 0.238. The van der Waals surface area contributed by atoms with Gasteiger partial charge in [-0.3, -0.25) is 14.6 Å². The summed E-state index contributed by atoms with van der Waals surface area (Å²) in [5.74, 6) is -2.93. The number of halogens is 3. The Bertz CT molecular complexity index is 1730. The van der Waals surface area contributed by atoms with Crippen LogP contribution in [-0.2, 0) is 35.6 Å². The van der Waals surface area contributed by atoms with E-state index in [1.807, 2.05) is 13.0 Å². The number of hydrogen-bond donors (Lipinski definition) is 2. The number of carbonyl (C=O) groups excluding carboxylic acids is 1. The van der Waals surface area contributed by atoms with Gasteiger partial charge in [-0.15, -0.1) is 0 Å². The van der Waals surface area contributed by atoms with Crippen molar-refractivity contribution in [1.82, 2.24) is 14.6 Å². The molecule has 0 radical (unpaired) electrons. The van der Waals surface area contributed by atoms with E-state index in [1.54, 1.807) is 43.6 Å². The van der Waals surface area contributed by atoms with Gasteiger partial charge in [0.25, 0.3) is 0 Å². The van der Waals surface area contributed by atoms with E-state index < -0.39 is 72.3 Å². The van der Waals surface area contributed by atoms with Gasteiger partial charge in [0.15, 0.2) is 9.84 Å². The third-order valence-electron chi connectivity index (χ3n) is 7.06. The van der Waals surface area contributed by atoms with Crippen molar-refractivity contribution in [1.29, 1.82) is 0 Å². The number of aromatic nitrogens is 1. The molecule has 1 heterocycles. The van der Waals surface area contributed by atoms with Gasteiger partial charge in [-0.25, -0.2) is 16.8 Å². The van der Waals surface area contributed by atoms with Gasteiger partial charge < -0.3 is 10.4 Å². The van der Waals surface area contributed by atoms with Crippen LogP contribution in [0.5, 0.6) is 0 Å². The second-order valence-corrected chi connectivity index (χ2v) is 14.5. The number of benzene rings is 2. The average Bonchev–Trinajstić information content (AvgIpc) is 2.98. The zero-order valence-corrected chi connectivity index (χ0v) is 26.3. The number of pyridine rings is 1. The fraction of sp³-hybridized carbons (Fsp3) is 0.367. The van der Waals surface area contributed by atoms with Crippen LogP contribution in [0.2, 0.25) is 0 Å². The maximum Gasteiger partial charge on any atom is 0.417 e. The molecule has 0 aliphatic rings. The smallest absolute Gasteiger partial charge is 0.417 e. The van der Waals surface area contributed by atoms with Crippen molar-refractivity contribution in [2.75, 3.05) is 24.6 Å². The summed E-state index contributed by atoms with van der Waals surface area (Å²) in [5.41, 5.74) is 1.66. The number of sulfone groups is 1. The normalized spacial score (nSPS) is 13.0. The van der Waals surface area contributed by atoms with E-state index in [9.17, 15) is 39.6 Å². The minimum Gasteiger partial charge on any atom is -0.481 e. The van der Waals surface area contributed by atoms with Gasteiger partial charge in [-0.1, -0.05) is 30.3 Å². The van der Waals surface area contributed by atoms with Gasteiger partial charge in [0, 0.05) is 37.9 Å². The predicted octanol–water partition coefficient (Wildman–Crippen LogP) is 4.61. The Hall–Kier alpha value is -3.82. The number of amides is 1. The fourth-order valence-electron chi connectivity index (χ4n) is 4.68. The van der Waals surface area contributed by atoms with E-state index in [2.05, 4.69) is 10.3 Å². The molecule has 0 saturated heterocycles. The monoisotopic (exact) mass is 669 g/mol. The summed E-state index contributed by atoms with van der Waals surface area (Å²) in [6.45, 7) is 2.81. The Morgan fingerprint density at radius 3 is 2.38 bits per heavy atom. The number of carboxylic acid groups (broad SMARTS) is 1. The van der Waals surface area contributed by atoms with Crippen LogP contribution in [0.3, 0.4) is 0 Å². The molecular weight excluding hydrogens is 635 g/mol. The van der Waals surface area contributed by atoms with Gasteiger partial charge >= 0.3 is 12.1 Å². The predicted molar refractivity (Wildman–Crippen MR) is 161 cm³/mol. The molecular formula is C30H34F3N3O7S2. The molecule has 1 atom stereocenters. The number of aliphatic carboxylic acids is 1. The molecule has 0 unspecified atom stereocenters. The maximum atomic E-state index is 13.9. The molecule has 15 heteroatoms. The van der Waals surface area contributed by atoms with Crippen molar-refractivity contribution < 1.29 is 44.7 Å². The number of carbonyl (C=O) groups is 2. The lowest BCUT2D eigenvalue weighted by molar-refractivity contribution is -0.140. The highest BCUT2D eigenvalue weighted by Gasteiger charge is 2.40. The summed E-state index contributed by atoms with van der Waals surface area (Å²) < 4.78 is 94.2. The molecule has 1 aromatic heterocycles. The van der Waals surface area contributed by atoms with Gasteiger partial charge in [0.05, 0.1) is 28.4 Å². The van der Waals surface area contributed by atoms with Gasteiger partial charge in [-0.05, 0) is 66.8 Å². The number of rotatable bonds is 15. The molecule has 45 heavy (non-hydrogen) atoms. The highest BCUT2D eigenvalue weighted by Crippen LogP contribution is 2.38. The van der Waals surface area contributed by atoms with Gasteiger partial charge in [-0.2, -0.15) is 17.5 Å². The molecule has 3 aromatic rings. The molecule has 0 saturated carbocycles. The van der Waals surface area contributed by atoms with E-state index in [4.69, 9.17) is 5.11 Å². The molecule has 244 valence electrons. The molecule has 2 N–H and O–H groups in total. The molecule has 10 nitrogen and oxygen atoms in total. The number of hydrogen-bond acceptors (Lipinski definition) is 7. The van der Waals surface area contributed by atoms with Crippen LogP contribution < -0.4 is 5.32 Å². The first-order valence-electron chi connectivity index (χ1n) is 13.9. The molecule has 0 aliphatic heterocycles. The number of nitrogens with one attached hydrogen (secondary N) is 1. The second-order valence-electron chi connectivity index (χ2n) is 10.4. The topological polar surface area (TPSA) is 151 Å². The van der Waals surface area contributed by atoms with E-state index in [-0.39, 0.29) is 25.9 Å². The van der Waals surface area contributed by atoms with Crippen LogP contribution in [0.25, 0.3) is 11.1 Å². The number of carboxylic acids is 1. The summed E-state index contributed by atoms with van der Waals surface area (Å²) in [5, 5.41) is 11.1. The Morgan fingerprint density at radius 1 is 1.00 bits per heavy atom. The molecule has 1 amide bonds. The van der Waals surface area contributed by atoms with Crippen molar-refractivity contribution in [3.05, 3.63) is 83.7 Å². The van der Waals surface area contributed by atoms with Crippen molar-refractivity contribution in [3.8, 4) is 11.1 Å². The largest absolute Gasteiger partial charge is 0.481 e. The first-order chi connectivity index (χ1) is 21.0. The summed E-state index contributed by atoms with van der Waals surface area (Å²) in [4.78, 5) is 26.2. The number of nitrogens with zero attached hydrogens (tertiary/aromatic N) is 2. The lowest BCUT2D eigenvalue weighted by Gasteiger charge is -2.30. The zero-order chi connectivity index (χ0) is 33.4. The van der Waals surface area contributed by atoms with E-state index in [0.29, 0.717) is 11.6 Å². The highest BCUT2D eigenvalue weighted by molar-refractivity contribution is 7.91. The van der Waals surface area contributed by atoms with Crippen LogP contribution in [0.4, 0.5) is 13.2 Å². The van der Waals surface area contributed by atoms with E-state index in [1.165, 1.54) is 6.07 Å². The van der Waals surface area contributed by atoms with Crippen LogP contribution in [0.1, 0.15) is 48.9 Å². The molecule has 0 aliphatic carbocycles. The van der Waals surface area contributed by atoms with Crippen LogP contribution >= 0.6 is 0 Å². The molecule has 0 fully saturated rings. The van der Waals surface area contributed by atoms with Gasteiger partial charge in [0.1, 0.15) is 0 Å². The fourth-order valence-corrected chi connectivity index (χ4v) is 7.65. The Balaban J connectivity index is 1.86. The van der Waals surface area contributed by atoms with Crippen LogP contribution in [-0.4, -0.2) is 67.7 Å². The van der Waals surface area contributed by atoms with Crippen molar-refractivity contribution in [3.63, 3.8) is 0 Å². The number of aryl methyl sites for hydroxylation is 1. The summed E-state index contributed by atoms with van der Waals surface area (Å²) in [6.07, 6.45) is -2.56. The van der Waals surface area contributed by atoms with Crippen molar-refractivity contribution in [2.24, 2.45) is 0 Å². The Kier molecular flexibility index (Phi) is 11.9. The maximum absolute atomic E-state index is 13.9. The average molecular weight is 670 g/mol. The first kappa shape index (κ1) is 35.7. The Labute approximate surface area is 260 Å². The SMILES string of the molecule is Cc1cnccc1-c1cccc([C@H](C)N(CCCC(=O)NCCS(=O)(=O)CCC(=O)O)S(=O)(=O)c2ccccc2C(F)(F)F)c1. The number of alkyl halides is 3. The minimum atomic E-state index is -4.94. The molecule has 3 rings (SSSR count). The minimum absolute atomic E-state index is 0.0848. The molecule has 0 bridgehead atoms. The van der Waals surface area contributed by atoms with Crippen molar-refractivity contribution in [2.45, 2.75) is 50.2 Å². The Morgan fingerprint density at radius 2 is 1.71 bits per heavy atom. The van der Waals surface area contributed by atoms with E-state index in [0.717, 1.165) is 33.1 Å². The van der Waals surface area contributed by atoms with Crippen molar-refractivity contribution >= 4 is 31.7 Å². The lowest BCUT2D eigenvalue weighted by Crippen LogP contribution is -2.36. The van der Waals surface area contributed by atoms with Crippen LogP contribution in [0, 0.1) is 6.92 Å². The second kappa shape index (κ2) is 15.0. The summed E-state index contributed by atoms with van der Waals surface area (Å²) in [7, 11) is -8.47. The lowest BCUT2D eigenvalue weighted by atomic mass is 9.98. The van der Waals surface area contributed by atoms with Crippen LogP contribution in [0.15, 0.2) is 71.9 Å². The highest BCUT2D eigenvalue weighted by atomic mass is 32.2. The number of sulfonamides is 1.